The van der Waals surface area contributed by atoms with Gasteiger partial charge in [0.25, 0.3) is 5.91 Å². The second kappa shape index (κ2) is 4.47. The molecule has 0 radical (unpaired) electrons. The van der Waals surface area contributed by atoms with Crippen molar-refractivity contribution in [1.82, 2.24) is 20.0 Å². The number of carboxylic acid groups (broad SMARTS) is 1. The minimum atomic E-state index is -1.15. The van der Waals surface area contributed by atoms with Crippen LogP contribution in [0.2, 0.25) is 0 Å². The van der Waals surface area contributed by atoms with Crippen LogP contribution < -0.4 is 5.32 Å². The Bertz CT molecular complexity index is 510. The van der Waals surface area contributed by atoms with Crippen molar-refractivity contribution in [2.45, 2.75) is 6.04 Å². The van der Waals surface area contributed by atoms with Gasteiger partial charge in [0.2, 0.25) is 5.91 Å². The molecule has 1 aromatic rings. The number of aromatic nitrogens is 2. The van der Waals surface area contributed by atoms with Gasteiger partial charge in [-0.1, -0.05) is 0 Å². The van der Waals surface area contributed by atoms with Crippen LogP contribution in [0.15, 0.2) is 12.3 Å². The molecule has 2 rings (SSSR count). The second-order valence-corrected chi connectivity index (χ2v) is 3.93. The van der Waals surface area contributed by atoms with Crippen LogP contribution in [-0.4, -0.2) is 56.7 Å². The van der Waals surface area contributed by atoms with E-state index in [4.69, 9.17) is 5.11 Å². The monoisotopic (exact) mass is 252 g/mol. The lowest BCUT2D eigenvalue weighted by molar-refractivity contribution is -0.144. The van der Waals surface area contributed by atoms with Crippen LogP contribution in [0.5, 0.6) is 0 Å². The Kier molecular flexibility index (Phi) is 3.00. The molecule has 0 bridgehead atoms. The number of nitrogens with zero attached hydrogens (tertiary/aromatic N) is 3. The number of carboxylic acids is 1. The van der Waals surface area contributed by atoms with Gasteiger partial charge in [0.15, 0.2) is 0 Å². The smallest absolute Gasteiger partial charge is 0.328 e. The Morgan fingerprint density at radius 1 is 1.56 bits per heavy atom. The van der Waals surface area contributed by atoms with Crippen molar-refractivity contribution in [3.8, 4) is 0 Å². The first-order valence-electron chi connectivity index (χ1n) is 5.29. The fourth-order valence-electron chi connectivity index (χ4n) is 1.81. The highest BCUT2D eigenvalue weighted by Gasteiger charge is 2.36. The molecule has 1 unspecified atom stereocenters. The summed E-state index contributed by atoms with van der Waals surface area (Å²) < 4.78 is 1.34. The van der Waals surface area contributed by atoms with Crippen molar-refractivity contribution in [2.75, 3.05) is 13.1 Å². The molecule has 2 heterocycles. The van der Waals surface area contributed by atoms with Gasteiger partial charge in [-0.15, -0.1) is 0 Å². The van der Waals surface area contributed by atoms with E-state index in [-0.39, 0.29) is 24.7 Å². The molecule has 8 heteroatoms. The third-order valence-corrected chi connectivity index (χ3v) is 2.77. The van der Waals surface area contributed by atoms with E-state index in [0.29, 0.717) is 0 Å². The normalized spacial score (nSPS) is 19.5. The lowest BCUT2D eigenvalue weighted by Gasteiger charge is -2.32. The van der Waals surface area contributed by atoms with E-state index < -0.39 is 17.9 Å². The first-order chi connectivity index (χ1) is 8.50. The first kappa shape index (κ1) is 12.1. The lowest BCUT2D eigenvalue weighted by Crippen LogP contribution is -2.59. The minimum Gasteiger partial charge on any atom is -0.480 e. The van der Waals surface area contributed by atoms with E-state index >= 15 is 0 Å². The summed E-state index contributed by atoms with van der Waals surface area (Å²) >= 11 is 0. The van der Waals surface area contributed by atoms with Crippen LogP contribution in [0.1, 0.15) is 10.5 Å². The van der Waals surface area contributed by atoms with Gasteiger partial charge < -0.3 is 15.3 Å². The summed E-state index contributed by atoms with van der Waals surface area (Å²) in [6.45, 7) is -0.348. The molecule has 8 nitrogen and oxygen atoms in total. The minimum absolute atomic E-state index is 0.0856. The quantitative estimate of drug-likeness (QED) is 0.662. The predicted octanol–water partition coefficient (Wildman–Crippen LogP) is -1.55. The number of amides is 2. The topological polar surface area (TPSA) is 105 Å². The Labute approximate surface area is 102 Å². The summed E-state index contributed by atoms with van der Waals surface area (Å²) in [4.78, 5) is 35.5. The van der Waals surface area contributed by atoms with Crippen molar-refractivity contribution < 1.29 is 19.5 Å². The molecule has 1 aliphatic heterocycles. The van der Waals surface area contributed by atoms with Gasteiger partial charge in [0, 0.05) is 19.8 Å². The lowest BCUT2D eigenvalue weighted by atomic mass is 10.1. The summed E-state index contributed by atoms with van der Waals surface area (Å²) in [5, 5.41) is 15.3. The molecular weight excluding hydrogens is 240 g/mol. The standard InChI is InChI=1S/C10H12N4O4/c1-13-6(2-3-12-13)9(16)14-5-8(15)11-4-7(14)10(17)18/h2-3,7H,4-5H2,1H3,(H,11,15)(H,17,18). The molecule has 1 fully saturated rings. The Morgan fingerprint density at radius 2 is 2.28 bits per heavy atom. The van der Waals surface area contributed by atoms with Crippen molar-refractivity contribution in [1.29, 1.82) is 0 Å². The molecule has 0 aliphatic carbocycles. The summed E-state index contributed by atoms with van der Waals surface area (Å²) in [7, 11) is 1.58. The maximum absolute atomic E-state index is 12.2. The van der Waals surface area contributed by atoms with Crippen LogP contribution in [0.4, 0.5) is 0 Å². The third kappa shape index (κ3) is 2.04. The highest BCUT2D eigenvalue weighted by atomic mass is 16.4. The van der Waals surface area contributed by atoms with Gasteiger partial charge in [-0.3, -0.25) is 14.3 Å². The van der Waals surface area contributed by atoms with Gasteiger partial charge in [-0.25, -0.2) is 4.79 Å². The third-order valence-electron chi connectivity index (χ3n) is 2.77. The number of piperazine rings is 1. The second-order valence-electron chi connectivity index (χ2n) is 3.93. The molecule has 2 amide bonds. The molecule has 1 aromatic heterocycles. The number of carbonyl (C=O) groups excluding carboxylic acids is 2. The number of rotatable bonds is 2. The van der Waals surface area contributed by atoms with E-state index in [1.54, 1.807) is 7.05 Å². The van der Waals surface area contributed by atoms with Crippen LogP contribution in [0.3, 0.4) is 0 Å². The predicted molar refractivity (Wildman–Crippen MR) is 58.7 cm³/mol. The molecule has 1 saturated heterocycles. The fraction of sp³-hybridized carbons (Fsp3) is 0.400. The van der Waals surface area contributed by atoms with E-state index in [1.807, 2.05) is 0 Å². The molecule has 18 heavy (non-hydrogen) atoms. The zero-order valence-corrected chi connectivity index (χ0v) is 9.66. The molecular formula is C10H12N4O4. The average Bonchev–Trinajstić information content (AvgIpc) is 2.74. The summed E-state index contributed by atoms with van der Waals surface area (Å²) in [5.41, 5.74) is 0.246. The highest BCUT2D eigenvalue weighted by molar-refractivity contribution is 5.98. The van der Waals surface area contributed by atoms with E-state index in [0.717, 1.165) is 4.90 Å². The maximum Gasteiger partial charge on any atom is 0.328 e. The molecule has 0 saturated carbocycles. The number of carbonyl (C=O) groups is 3. The van der Waals surface area contributed by atoms with Crippen molar-refractivity contribution in [2.24, 2.45) is 7.05 Å². The van der Waals surface area contributed by atoms with Gasteiger partial charge in [0.05, 0.1) is 0 Å². The molecule has 96 valence electrons. The number of aryl methyl sites for hydroxylation is 1. The summed E-state index contributed by atoms with van der Waals surface area (Å²) in [5.74, 6) is -2.04. The number of nitrogens with one attached hydrogen (secondary N) is 1. The van der Waals surface area contributed by atoms with Crippen LogP contribution in [0, 0.1) is 0 Å². The number of hydrogen-bond donors (Lipinski definition) is 2. The maximum atomic E-state index is 12.2. The number of hydrogen-bond acceptors (Lipinski definition) is 4. The van der Waals surface area contributed by atoms with Crippen molar-refractivity contribution in [3.05, 3.63) is 18.0 Å². The van der Waals surface area contributed by atoms with E-state index in [1.165, 1.54) is 16.9 Å². The Hall–Kier alpha value is -2.38. The van der Waals surface area contributed by atoms with E-state index in [2.05, 4.69) is 10.4 Å². The van der Waals surface area contributed by atoms with E-state index in [9.17, 15) is 14.4 Å². The first-order valence-corrected chi connectivity index (χ1v) is 5.29. The highest BCUT2D eigenvalue weighted by Crippen LogP contribution is 2.10. The van der Waals surface area contributed by atoms with Gasteiger partial charge in [0.1, 0.15) is 18.3 Å². The van der Waals surface area contributed by atoms with Crippen molar-refractivity contribution in [3.63, 3.8) is 0 Å². The van der Waals surface area contributed by atoms with Crippen molar-refractivity contribution >= 4 is 17.8 Å². The largest absolute Gasteiger partial charge is 0.480 e. The molecule has 1 aliphatic rings. The van der Waals surface area contributed by atoms with Gasteiger partial charge in [-0.2, -0.15) is 5.10 Å². The van der Waals surface area contributed by atoms with Crippen LogP contribution >= 0.6 is 0 Å². The Morgan fingerprint density at radius 3 is 2.83 bits per heavy atom. The Balaban J connectivity index is 2.28. The summed E-state index contributed by atoms with van der Waals surface area (Å²) in [6, 6.07) is 0.429. The number of aliphatic carboxylic acids is 1. The summed E-state index contributed by atoms with van der Waals surface area (Å²) in [6.07, 6.45) is 1.44. The molecule has 0 aromatic carbocycles. The zero-order chi connectivity index (χ0) is 13.3. The SMILES string of the molecule is Cn1nccc1C(=O)N1CC(=O)NCC1C(=O)O. The molecule has 1 atom stereocenters. The molecule has 2 N–H and O–H groups in total. The average molecular weight is 252 g/mol. The van der Waals surface area contributed by atoms with Crippen LogP contribution in [0.25, 0.3) is 0 Å². The zero-order valence-electron chi connectivity index (χ0n) is 9.66. The van der Waals surface area contributed by atoms with Gasteiger partial charge in [-0.05, 0) is 6.07 Å². The van der Waals surface area contributed by atoms with Gasteiger partial charge >= 0.3 is 5.97 Å². The molecule has 0 spiro atoms. The fourth-order valence-corrected chi connectivity index (χ4v) is 1.81. The van der Waals surface area contributed by atoms with Crippen LogP contribution in [-0.2, 0) is 16.6 Å².